The molecule has 0 radical (unpaired) electrons. The lowest BCUT2D eigenvalue weighted by Crippen LogP contribution is -2.25. The molecule has 0 aliphatic carbocycles. The fraction of sp³-hybridized carbons (Fsp3) is 0.368. The molecule has 1 heterocycles. The minimum atomic E-state index is -0.232. The van der Waals surface area contributed by atoms with Crippen LogP contribution >= 0.6 is 11.6 Å². The SMILES string of the molecule is CCCN(CCC)c1ccc(C(=O)Nc2cccc(Cl)c2C)nc1. The number of pyridine rings is 1. The summed E-state index contributed by atoms with van der Waals surface area (Å²) in [5, 5.41) is 3.50. The third kappa shape index (κ3) is 4.48. The standard InChI is InChI=1S/C19H24ClN3O/c1-4-11-23(12-5-2)15-9-10-18(21-13-15)19(24)22-17-8-6-7-16(20)14(17)3/h6-10,13H,4-5,11-12H2,1-3H3,(H,22,24). The Morgan fingerprint density at radius 1 is 1.17 bits per heavy atom. The van der Waals surface area contributed by atoms with Crippen molar-refractivity contribution in [3.05, 3.63) is 52.8 Å². The molecule has 0 spiro atoms. The van der Waals surface area contributed by atoms with E-state index in [0.717, 1.165) is 37.2 Å². The molecule has 1 aromatic carbocycles. The fourth-order valence-corrected chi connectivity index (χ4v) is 2.72. The summed E-state index contributed by atoms with van der Waals surface area (Å²) >= 11 is 6.09. The summed E-state index contributed by atoms with van der Waals surface area (Å²) in [6.07, 6.45) is 3.93. The predicted molar refractivity (Wildman–Crippen MR) is 101 cm³/mol. The van der Waals surface area contributed by atoms with Crippen molar-refractivity contribution >= 4 is 28.9 Å². The van der Waals surface area contributed by atoms with Gasteiger partial charge in [0.1, 0.15) is 5.69 Å². The van der Waals surface area contributed by atoms with E-state index in [1.165, 1.54) is 0 Å². The monoisotopic (exact) mass is 345 g/mol. The Morgan fingerprint density at radius 3 is 2.46 bits per heavy atom. The number of benzene rings is 1. The van der Waals surface area contributed by atoms with Crippen molar-refractivity contribution in [1.29, 1.82) is 0 Å². The highest BCUT2D eigenvalue weighted by Gasteiger charge is 2.12. The highest BCUT2D eigenvalue weighted by Crippen LogP contribution is 2.23. The molecule has 0 unspecified atom stereocenters. The topological polar surface area (TPSA) is 45.2 Å². The maximum Gasteiger partial charge on any atom is 0.274 e. The van der Waals surface area contributed by atoms with Gasteiger partial charge in [-0.05, 0) is 49.6 Å². The number of aromatic nitrogens is 1. The molecule has 0 aliphatic heterocycles. The van der Waals surface area contributed by atoms with E-state index in [1.54, 1.807) is 18.3 Å². The number of carbonyl (C=O) groups is 1. The summed E-state index contributed by atoms with van der Waals surface area (Å²) < 4.78 is 0. The molecule has 1 amide bonds. The van der Waals surface area contributed by atoms with Crippen LogP contribution in [0.2, 0.25) is 5.02 Å². The van der Waals surface area contributed by atoms with Gasteiger partial charge < -0.3 is 10.2 Å². The second-order valence-electron chi connectivity index (χ2n) is 5.76. The van der Waals surface area contributed by atoms with Crippen molar-refractivity contribution in [2.45, 2.75) is 33.6 Å². The van der Waals surface area contributed by atoms with Crippen LogP contribution in [-0.4, -0.2) is 24.0 Å². The normalized spacial score (nSPS) is 10.5. The van der Waals surface area contributed by atoms with Gasteiger partial charge in [-0.1, -0.05) is 31.5 Å². The number of rotatable bonds is 7. The second-order valence-corrected chi connectivity index (χ2v) is 6.16. The first kappa shape index (κ1) is 18.3. The Balaban J connectivity index is 2.12. The number of anilines is 2. The van der Waals surface area contributed by atoms with Crippen LogP contribution in [-0.2, 0) is 0 Å². The number of carbonyl (C=O) groups excluding carboxylic acids is 1. The Kier molecular flexibility index (Phi) is 6.62. The third-order valence-corrected chi connectivity index (χ3v) is 4.26. The van der Waals surface area contributed by atoms with Crippen molar-refractivity contribution < 1.29 is 4.79 Å². The van der Waals surface area contributed by atoms with E-state index in [4.69, 9.17) is 11.6 Å². The lowest BCUT2D eigenvalue weighted by atomic mass is 10.2. The van der Waals surface area contributed by atoms with E-state index in [0.29, 0.717) is 16.4 Å². The molecule has 2 aromatic rings. The van der Waals surface area contributed by atoms with Crippen molar-refractivity contribution in [1.82, 2.24) is 4.98 Å². The molecule has 2 rings (SSSR count). The lowest BCUT2D eigenvalue weighted by Gasteiger charge is -2.23. The van der Waals surface area contributed by atoms with E-state index in [1.807, 2.05) is 25.1 Å². The molecule has 0 saturated heterocycles. The smallest absolute Gasteiger partial charge is 0.274 e. The van der Waals surface area contributed by atoms with Crippen LogP contribution in [0.15, 0.2) is 36.5 Å². The number of halogens is 1. The fourth-order valence-electron chi connectivity index (χ4n) is 2.55. The number of nitrogens with one attached hydrogen (secondary N) is 1. The van der Waals surface area contributed by atoms with Gasteiger partial charge >= 0.3 is 0 Å². The minimum Gasteiger partial charge on any atom is -0.370 e. The Hall–Kier alpha value is -2.07. The summed E-state index contributed by atoms with van der Waals surface area (Å²) in [4.78, 5) is 19.0. The maximum atomic E-state index is 12.4. The molecule has 0 bridgehead atoms. The largest absolute Gasteiger partial charge is 0.370 e. The van der Waals surface area contributed by atoms with Gasteiger partial charge in [-0.15, -0.1) is 0 Å². The Labute approximate surface area is 148 Å². The molecule has 0 aliphatic rings. The number of hydrogen-bond donors (Lipinski definition) is 1. The molecular formula is C19H24ClN3O. The first-order valence-corrected chi connectivity index (χ1v) is 8.72. The average molecular weight is 346 g/mol. The maximum absolute atomic E-state index is 12.4. The van der Waals surface area contributed by atoms with Crippen LogP contribution < -0.4 is 10.2 Å². The molecule has 0 fully saturated rings. The van der Waals surface area contributed by atoms with Gasteiger partial charge in [-0.25, -0.2) is 4.98 Å². The molecule has 5 heteroatoms. The van der Waals surface area contributed by atoms with Gasteiger partial charge in [0, 0.05) is 23.8 Å². The summed E-state index contributed by atoms with van der Waals surface area (Å²) in [5.74, 6) is -0.232. The summed E-state index contributed by atoms with van der Waals surface area (Å²) in [6.45, 7) is 8.17. The van der Waals surface area contributed by atoms with Crippen molar-refractivity contribution in [3.63, 3.8) is 0 Å². The van der Waals surface area contributed by atoms with E-state index >= 15 is 0 Å². The summed E-state index contributed by atoms with van der Waals surface area (Å²) in [5.41, 5.74) is 3.00. The molecule has 24 heavy (non-hydrogen) atoms. The third-order valence-electron chi connectivity index (χ3n) is 3.85. The van der Waals surface area contributed by atoms with Gasteiger partial charge in [0.2, 0.25) is 0 Å². The van der Waals surface area contributed by atoms with E-state index < -0.39 is 0 Å². The van der Waals surface area contributed by atoms with E-state index in [-0.39, 0.29) is 5.91 Å². The number of nitrogens with zero attached hydrogens (tertiary/aromatic N) is 2. The number of amides is 1. The molecular weight excluding hydrogens is 322 g/mol. The van der Waals surface area contributed by atoms with Crippen molar-refractivity contribution in [3.8, 4) is 0 Å². The first-order valence-electron chi connectivity index (χ1n) is 8.34. The molecule has 4 nitrogen and oxygen atoms in total. The van der Waals surface area contributed by atoms with Crippen molar-refractivity contribution in [2.75, 3.05) is 23.3 Å². The van der Waals surface area contributed by atoms with Crippen LogP contribution in [0, 0.1) is 6.92 Å². The average Bonchev–Trinajstić information content (AvgIpc) is 2.59. The highest BCUT2D eigenvalue weighted by atomic mass is 35.5. The molecule has 0 saturated carbocycles. The lowest BCUT2D eigenvalue weighted by molar-refractivity contribution is 0.102. The molecule has 1 aromatic heterocycles. The zero-order valence-electron chi connectivity index (χ0n) is 14.5. The van der Waals surface area contributed by atoms with Crippen LogP contribution in [0.4, 0.5) is 11.4 Å². The Morgan fingerprint density at radius 2 is 1.88 bits per heavy atom. The summed E-state index contributed by atoms with van der Waals surface area (Å²) in [6, 6.07) is 9.17. The molecule has 1 N–H and O–H groups in total. The van der Waals surface area contributed by atoms with Gasteiger partial charge in [0.15, 0.2) is 0 Å². The van der Waals surface area contributed by atoms with Crippen molar-refractivity contribution in [2.24, 2.45) is 0 Å². The van der Waals surface area contributed by atoms with Gasteiger partial charge in [-0.2, -0.15) is 0 Å². The number of hydrogen-bond acceptors (Lipinski definition) is 3. The van der Waals surface area contributed by atoms with Crippen LogP contribution in [0.25, 0.3) is 0 Å². The van der Waals surface area contributed by atoms with Gasteiger partial charge in [-0.3, -0.25) is 4.79 Å². The minimum absolute atomic E-state index is 0.232. The quantitative estimate of drug-likeness (QED) is 0.774. The Bertz CT molecular complexity index is 680. The van der Waals surface area contributed by atoms with E-state index in [9.17, 15) is 4.79 Å². The predicted octanol–water partition coefficient (Wildman–Crippen LogP) is 4.92. The highest BCUT2D eigenvalue weighted by molar-refractivity contribution is 6.31. The van der Waals surface area contributed by atoms with Gasteiger partial charge in [0.25, 0.3) is 5.91 Å². The first-order chi connectivity index (χ1) is 11.6. The molecule has 0 atom stereocenters. The second kappa shape index (κ2) is 8.69. The zero-order valence-corrected chi connectivity index (χ0v) is 15.2. The summed E-state index contributed by atoms with van der Waals surface area (Å²) in [7, 11) is 0. The zero-order chi connectivity index (χ0) is 17.5. The molecule has 128 valence electrons. The van der Waals surface area contributed by atoms with Crippen LogP contribution in [0.5, 0.6) is 0 Å². The van der Waals surface area contributed by atoms with Crippen LogP contribution in [0.1, 0.15) is 42.7 Å². The van der Waals surface area contributed by atoms with E-state index in [2.05, 4.69) is 29.0 Å². The van der Waals surface area contributed by atoms with Crippen LogP contribution in [0.3, 0.4) is 0 Å². The van der Waals surface area contributed by atoms with Gasteiger partial charge in [0.05, 0.1) is 11.9 Å².